The maximum Gasteiger partial charge on any atom is 0.293 e. The van der Waals surface area contributed by atoms with Crippen LogP contribution in [0.5, 0.6) is 0 Å². The van der Waals surface area contributed by atoms with Gasteiger partial charge in [-0.05, 0) is 30.0 Å². The van der Waals surface area contributed by atoms with Crippen LogP contribution in [-0.4, -0.2) is 13.1 Å². The van der Waals surface area contributed by atoms with E-state index in [1.165, 1.54) is 30.4 Å². The van der Waals surface area contributed by atoms with Crippen LogP contribution in [0, 0.1) is 0 Å². The monoisotopic (exact) mass is 232 g/mol. The van der Waals surface area contributed by atoms with Crippen molar-refractivity contribution in [3.8, 4) is 0 Å². The Morgan fingerprint density at radius 1 is 1.24 bits per heavy atom. The molecule has 0 aliphatic heterocycles. The average molecular weight is 232 g/mol. The minimum Gasteiger partial charge on any atom is -0.464 e. The van der Waals surface area contributed by atoms with Crippen LogP contribution >= 0.6 is 0 Å². The van der Waals surface area contributed by atoms with Gasteiger partial charge in [-0.25, -0.2) is 0 Å². The molecule has 0 spiro atoms. The normalized spacial score (nSPS) is 10.6. The largest absolute Gasteiger partial charge is 0.464 e. The molecule has 0 aliphatic carbocycles. The third-order valence-electron chi connectivity index (χ3n) is 2.66. The predicted octanol–water partition coefficient (Wildman–Crippen LogP) is 3.61. The summed E-state index contributed by atoms with van der Waals surface area (Å²) < 4.78 is 4.63. The number of rotatable bonds is 8. The van der Waals surface area contributed by atoms with Crippen molar-refractivity contribution in [2.75, 3.05) is 6.61 Å². The molecule has 0 aromatic heterocycles. The summed E-state index contributed by atoms with van der Waals surface area (Å²) in [5.41, 5.74) is 2.58. The molecule has 1 aromatic carbocycles. The zero-order valence-electron chi connectivity index (χ0n) is 10.4. The Hall–Kier alpha value is -1.57. The summed E-state index contributed by atoms with van der Waals surface area (Å²) in [4.78, 5) is 10.0. The fraction of sp³-hybridized carbons (Fsp3) is 0.400. The maximum absolute atomic E-state index is 10.0. The number of hydrogen-bond acceptors (Lipinski definition) is 2. The highest BCUT2D eigenvalue weighted by molar-refractivity contribution is 5.54. The van der Waals surface area contributed by atoms with E-state index in [9.17, 15) is 4.79 Å². The van der Waals surface area contributed by atoms with Gasteiger partial charge in [-0.2, -0.15) is 0 Å². The minimum atomic E-state index is 0.340. The second-order valence-corrected chi connectivity index (χ2v) is 3.99. The van der Waals surface area contributed by atoms with Crippen LogP contribution < -0.4 is 0 Å². The quantitative estimate of drug-likeness (QED) is 0.505. The van der Waals surface area contributed by atoms with Gasteiger partial charge in [0.1, 0.15) is 6.61 Å². The van der Waals surface area contributed by atoms with E-state index in [2.05, 4.69) is 29.9 Å². The van der Waals surface area contributed by atoms with Gasteiger partial charge < -0.3 is 4.74 Å². The molecule has 0 saturated heterocycles. The SMILES string of the molecule is CCCCCc1ccccc1/C=C/COC=O. The van der Waals surface area contributed by atoms with Crippen molar-refractivity contribution < 1.29 is 9.53 Å². The van der Waals surface area contributed by atoms with Crippen LogP contribution in [0.25, 0.3) is 6.08 Å². The molecular formula is C15H20O2. The lowest BCUT2D eigenvalue weighted by molar-refractivity contribution is -0.127. The number of carbonyl (C=O) groups is 1. The third-order valence-corrected chi connectivity index (χ3v) is 2.66. The van der Waals surface area contributed by atoms with Crippen molar-refractivity contribution in [2.45, 2.75) is 32.6 Å². The Balaban J connectivity index is 2.57. The lowest BCUT2D eigenvalue weighted by Gasteiger charge is -2.05. The number of aryl methyl sites for hydroxylation is 1. The fourth-order valence-corrected chi connectivity index (χ4v) is 1.76. The van der Waals surface area contributed by atoms with E-state index in [0.717, 1.165) is 6.42 Å². The summed E-state index contributed by atoms with van der Waals surface area (Å²) in [7, 11) is 0. The predicted molar refractivity (Wildman–Crippen MR) is 70.7 cm³/mol. The fourth-order valence-electron chi connectivity index (χ4n) is 1.76. The number of benzene rings is 1. The molecule has 0 heterocycles. The van der Waals surface area contributed by atoms with Gasteiger partial charge in [0.2, 0.25) is 0 Å². The van der Waals surface area contributed by atoms with Crippen LogP contribution in [0.4, 0.5) is 0 Å². The van der Waals surface area contributed by atoms with Gasteiger partial charge in [0, 0.05) is 0 Å². The molecule has 1 aromatic rings. The molecule has 2 heteroatoms. The van der Waals surface area contributed by atoms with Crippen LogP contribution in [-0.2, 0) is 16.0 Å². The van der Waals surface area contributed by atoms with E-state index < -0.39 is 0 Å². The molecule has 0 aliphatic rings. The van der Waals surface area contributed by atoms with E-state index >= 15 is 0 Å². The highest BCUT2D eigenvalue weighted by Crippen LogP contribution is 2.14. The first kappa shape index (κ1) is 13.5. The summed E-state index contributed by atoms with van der Waals surface area (Å²) in [5.74, 6) is 0. The van der Waals surface area contributed by atoms with Crippen LogP contribution in [0.3, 0.4) is 0 Å². The summed E-state index contributed by atoms with van der Waals surface area (Å²) in [6.45, 7) is 3.02. The number of hydrogen-bond donors (Lipinski definition) is 0. The molecule has 0 fully saturated rings. The highest BCUT2D eigenvalue weighted by Gasteiger charge is 1.97. The summed E-state index contributed by atoms with van der Waals surface area (Å²) in [6.07, 6.45) is 8.74. The van der Waals surface area contributed by atoms with Crippen LogP contribution in [0.15, 0.2) is 30.3 Å². The number of ether oxygens (including phenoxy) is 1. The van der Waals surface area contributed by atoms with E-state index in [-0.39, 0.29) is 0 Å². The van der Waals surface area contributed by atoms with Crippen LogP contribution in [0.2, 0.25) is 0 Å². The Kier molecular flexibility index (Phi) is 6.80. The highest BCUT2D eigenvalue weighted by atomic mass is 16.5. The van der Waals surface area contributed by atoms with Gasteiger partial charge in [0.25, 0.3) is 6.47 Å². The van der Waals surface area contributed by atoms with Gasteiger partial charge in [0.15, 0.2) is 0 Å². The van der Waals surface area contributed by atoms with Crippen molar-refractivity contribution in [1.82, 2.24) is 0 Å². The molecule has 17 heavy (non-hydrogen) atoms. The van der Waals surface area contributed by atoms with Crippen molar-refractivity contribution in [2.24, 2.45) is 0 Å². The molecule has 0 saturated carbocycles. The molecule has 0 radical (unpaired) electrons. The molecule has 0 N–H and O–H groups in total. The van der Waals surface area contributed by atoms with Gasteiger partial charge in [-0.3, -0.25) is 4.79 Å². The third kappa shape index (κ3) is 5.34. The average Bonchev–Trinajstić information content (AvgIpc) is 2.36. The van der Waals surface area contributed by atoms with Crippen LogP contribution in [0.1, 0.15) is 37.3 Å². The van der Waals surface area contributed by atoms with E-state index in [1.54, 1.807) is 0 Å². The molecule has 0 unspecified atom stereocenters. The zero-order valence-corrected chi connectivity index (χ0v) is 10.4. The molecule has 0 bridgehead atoms. The topological polar surface area (TPSA) is 26.3 Å². The smallest absolute Gasteiger partial charge is 0.293 e. The standard InChI is InChI=1S/C15H20O2/c1-2-3-4-8-14-9-5-6-10-15(14)11-7-12-17-13-16/h5-7,9-11,13H,2-4,8,12H2,1H3/b11-7+. The van der Waals surface area contributed by atoms with E-state index in [0.29, 0.717) is 13.1 Å². The first-order chi connectivity index (χ1) is 8.38. The summed E-state index contributed by atoms with van der Waals surface area (Å²) >= 11 is 0. The Bertz CT molecular complexity index is 356. The molecule has 2 nitrogen and oxygen atoms in total. The molecule has 0 atom stereocenters. The Labute approximate surface area is 103 Å². The lowest BCUT2D eigenvalue weighted by atomic mass is 10.0. The summed E-state index contributed by atoms with van der Waals surface area (Å²) in [6, 6.07) is 8.36. The van der Waals surface area contributed by atoms with Crippen molar-refractivity contribution in [1.29, 1.82) is 0 Å². The van der Waals surface area contributed by atoms with Gasteiger partial charge in [-0.15, -0.1) is 0 Å². The van der Waals surface area contributed by atoms with Gasteiger partial charge in [-0.1, -0.05) is 50.1 Å². The maximum atomic E-state index is 10.0. The molecule has 1 rings (SSSR count). The molecule has 92 valence electrons. The number of unbranched alkanes of at least 4 members (excludes halogenated alkanes) is 2. The molecular weight excluding hydrogens is 212 g/mol. The van der Waals surface area contributed by atoms with Crippen molar-refractivity contribution >= 4 is 12.5 Å². The second kappa shape index (κ2) is 8.57. The van der Waals surface area contributed by atoms with Gasteiger partial charge in [0.05, 0.1) is 0 Å². The van der Waals surface area contributed by atoms with Gasteiger partial charge >= 0.3 is 0 Å². The number of carbonyl (C=O) groups excluding carboxylic acids is 1. The van der Waals surface area contributed by atoms with E-state index in [4.69, 9.17) is 0 Å². The Morgan fingerprint density at radius 3 is 2.82 bits per heavy atom. The first-order valence-corrected chi connectivity index (χ1v) is 6.18. The Morgan fingerprint density at radius 2 is 2.06 bits per heavy atom. The van der Waals surface area contributed by atoms with Crippen molar-refractivity contribution in [3.05, 3.63) is 41.5 Å². The second-order valence-electron chi connectivity index (χ2n) is 3.99. The first-order valence-electron chi connectivity index (χ1n) is 6.18. The molecule has 0 amide bonds. The van der Waals surface area contributed by atoms with Crippen molar-refractivity contribution in [3.63, 3.8) is 0 Å². The lowest BCUT2D eigenvalue weighted by Crippen LogP contribution is -1.90. The zero-order chi connectivity index (χ0) is 12.3. The van der Waals surface area contributed by atoms with E-state index in [1.807, 2.05) is 18.2 Å². The summed E-state index contributed by atoms with van der Waals surface area (Å²) in [5, 5.41) is 0. The minimum absolute atomic E-state index is 0.340.